The van der Waals surface area contributed by atoms with Crippen LogP contribution >= 0.6 is 0 Å². The molecule has 2 aromatic heterocycles. The highest BCUT2D eigenvalue weighted by Crippen LogP contribution is 2.12. The van der Waals surface area contributed by atoms with Gasteiger partial charge in [0, 0.05) is 37.0 Å². The van der Waals surface area contributed by atoms with Crippen molar-refractivity contribution in [2.45, 2.75) is 39.7 Å². The molecule has 1 aromatic carbocycles. The highest BCUT2D eigenvalue weighted by atomic mass is 16.2. The highest BCUT2D eigenvalue weighted by Gasteiger charge is 2.07. The molecule has 0 bridgehead atoms. The molecule has 0 saturated heterocycles. The van der Waals surface area contributed by atoms with Crippen molar-refractivity contribution in [1.82, 2.24) is 25.6 Å². The maximum absolute atomic E-state index is 12.3. The number of nitrogens with one attached hydrogen (secondary N) is 4. The molecule has 3 aromatic rings. The molecule has 4 N–H and O–H groups in total. The molecular weight excluding hydrogens is 408 g/mol. The predicted molar refractivity (Wildman–Crippen MR) is 124 cm³/mol. The molecule has 32 heavy (non-hydrogen) atoms. The second-order valence-electron chi connectivity index (χ2n) is 7.61. The van der Waals surface area contributed by atoms with Crippen LogP contribution in [0.2, 0.25) is 0 Å². The third kappa shape index (κ3) is 6.63. The number of rotatable bonds is 10. The third-order valence-corrected chi connectivity index (χ3v) is 4.86. The topological polar surface area (TPSA) is 129 Å². The average molecular weight is 437 g/mol. The quantitative estimate of drug-likeness (QED) is 0.361. The van der Waals surface area contributed by atoms with Gasteiger partial charge >= 0.3 is 0 Å². The summed E-state index contributed by atoms with van der Waals surface area (Å²) in [4.78, 5) is 46.6. The van der Waals surface area contributed by atoms with Crippen LogP contribution in [0.5, 0.6) is 0 Å². The van der Waals surface area contributed by atoms with E-state index in [0.717, 1.165) is 30.6 Å². The fraction of sp³-hybridized carbons (Fsp3) is 0.348. The van der Waals surface area contributed by atoms with Gasteiger partial charge in [0.25, 0.3) is 11.5 Å². The van der Waals surface area contributed by atoms with Gasteiger partial charge in [-0.05, 0) is 56.5 Å². The van der Waals surface area contributed by atoms with Crippen molar-refractivity contribution >= 4 is 28.5 Å². The summed E-state index contributed by atoms with van der Waals surface area (Å²) < 4.78 is 0. The van der Waals surface area contributed by atoms with Crippen LogP contribution in [0.1, 0.15) is 47.9 Å². The molecule has 2 amide bonds. The van der Waals surface area contributed by atoms with E-state index >= 15 is 0 Å². The number of anilines is 1. The van der Waals surface area contributed by atoms with Crippen molar-refractivity contribution in [2.75, 3.05) is 18.4 Å². The Balaban J connectivity index is 1.45. The summed E-state index contributed by atoms with van der Waals surface area (Å²) >= 11 is 0. The lowest BCUT2D eigenvalue weighted by molar-refractivity contribution is -0.118. The van der Waals surface area contributed by atoms with E-state index in [0.29, 0.717) is 41.9 Å². The van der Waals surface area contributed by atoms with Crippen LogP contribution in [0.15, 0.2) is 41.3 Å². The van der Waals surface area contributed by atoms with Crippen LogP contribution in [-0.4, -0.2) is 39.9 Å². The van der Waals surface area contributed by atoms with E-state index in [2.05, 4.69) is 30.9 Å². The molecule has 9 nitrogen and oxygen atoms in total. The van der Waals surface area contributed by atoms with E-state index in [1.54, 1.807) is 31.3 Å². The molecule has 2 heterocycles. The van der Waals surface area contributed by atoms with Gasteiger partial charge in [0.15, 0.2) is 5.52 Å². The Morgan fingerprint density at radius 3 is 2.47 bits per heavy atom. The number of hydrogen-bond acceptors (Lipinski definition) is 6. The first-order chi connectivity index (χ1) is 15.4. The van der Waals surface area contributed by atoms with E-state index in [9.17, 15) is 14.4 Å². The number of aryl methyl sites for hydroxylation is 1. The Kier molecular flexibility index (Phi) is 7.91. The van der Waals surface area contributed by atoms with Crippen LogP contribution in [-0.2, 0) is 11.3 Å². The zero-order valence-corrected chi connectivity index (χ0v) is 18.3. The minimum atomic E-state index is -0.252. The summed E-state index contributed by atoms with van der Waals surface area (Å²) in [5.41, 5.74) is 3.44. The summed E-state index contributed by atoms with van der Waals surface area (Å²) in [5, 5.41) is 8.88. The molecule has 0 aliphatic carbocycles. The number of amides is 2. The molecule has 0 saturated carbocycles. The van der Waals surface area contributed by atoms with Crippen LogP contribution in [0.25, 0.3) is 11.0 Å². The van der Waals surface area contributed by atoms with Gasteiger partial charge < -0.3 is 20.9 Å². The van der Waals surface area contributed by atoms with Crippen molar-refractivity contribution in [2.24, 2.45) is 0 Å². The van der Waals surface area contributed by atoms with Gasteiger partial charge in [-0.25, -0.2) is 4.98 Å². The number of pyridine rings is 1. The normalized spacial score (nSPS) is 10.7. The Bertz CT molecular complexity index is 1140. The zero-order valence-electron chi connectivity index (χ0n) is 18.3. The fourth-order valence-corrected chi connectivity index (χ4v) is 3.20. The van der Waals surface area contributed by atoms with Gasteiger partial charge in [-0.2, -0.15) is 0 Å². The van der Waals surface area contributed by atoms with Gasteiger partial charge in [-0.15, -0.1) is 0 Å². The molecule has 0 radical (unpaired) electrons. The number of carbonyl (C=O) groups is 2. The van der Waals surface area contributed by atoms with E-state index in [1.807, 2.05) is 12.1 Å². The molecule has 0 fully saturated rings. The molecule has 168 valence electrons. The van der Waals surface area contributed by atoms with Gasteiger partial charge in [0.2, 0.25) is 5.91 Å². The molecule has 0 aliphatic heterocycles. The standard InChI is InChI=1S/C23H28N6O3/c1-15-12-20-21(23(32)28-15)29-19(14-27-20)13-26-18-8-6-17(7-9-18)22(31)25-11-5-3-4-10-24-16(2)30/h6-9,12,14,26H,3-5,10-11,13H2,1-2H3,(H,24,30)(H,25,31)(H,28,32). The number of nitrogens with zero attached hydrogens (tertiary/aromatic N) is 2. The molecule has 3 rings (SSSR count). The molecule has 0 aliphatic rings. The second kappa shape index (κ2) is 11.0. The summed E-state index contributed by atoms with van der Waals surface area (Å²) in [5.74, 6) is -0.139. The molecule has 0 atom stereocenters. The first kappa shape index (κ1) is 22.9. The van der Waals surface area contributed by atoms with Gasteiger partial charge in [-0.3, -0.25) is 19.4 Å². The highest BCUT2D eigenvalue weighted by molar-refractivity contribution is 5.94. The van der Waals surface area contributed by atoms with Crippen LogP contribution in [0, 0.1) is 6.92 Å². The Hall–Kier alpha value is -3.75. The molecule has 0 unspecified atom stereocenters. The molecule has 9 heteroatoms. The number of carbonyl (C=O) groups excluding carboxylic acids is 2. The first-order valence-corrected chi connectivity index (χ1v) is 10.6. The van der Waals surface area contributed by atoms with Crippen LogP contribution in [0.3, 0.4) is 0 Å². The number of unbranched alkanes of at least 4 members (excludes halogenated alkanes) is 2. The lowest BCUT2D eigenvalue weighted by atomic mass is 10.2. The van der Waals surface area contributed by atoms with E-state index in [4.69, 9.17) is 0 Å². The van der Waals surface area contributed by atoms with Crippen LogP contribution < -0.4 is 21.5 Å². The minimum Gasteiger partial charge on any atom is -0.379 e. The average Bonchev–Trinajstić information content (AvgIpc) is 2.77. The maximum atomic E-state index is 12.3. The minimum absolute atomic E-state index is 0.0215. The second-order valence-corrected chi connectivity index (χ2v) is 7.61. The number of fused-ring (bicyclic) bond motifs is 1. The first-order valence-electron chi connectivity index (χ1n) is 10.6. The molecular formula is C23H28N6O3. The van der Waals surface area contributed by atoms with Crippen molar-refractivity contribution in [1.29, 1.82) is 0 Å². The lowest BCUT2D eigenvalue weighted by Crippen LogP contribution is -2.25. The summed E-state index contributed by atoms with van der Waals surface area (Å²) in [6.07, 6.45) is 4.34. The number of H-pyrrole nitrogens is 1. The zero-order chi connectivity index (χ0) is 22.9. The maximum Gasteiger partial charge on any atom is 0.276 e. The van der Waals surface area contributed by atoms with Crippen molar-refractivity contribution in [3.8, 4) is 0 Å². The van der Waals surface area contributed by atoms with Crippen molar-refractivity contribution in [3.05, 3.63) is 63.8 Å². The largest absolute Gasteiger partial charge is 0.379 e. The third-order valence-electron chi connectivity index (χ3n) is 4.86. The van der Waals surface area contributed by atoms with Gasteiger partial charge in [-0.1, -0.05) is 0 Å². The predicted octanol–water partition coefficient (Wildman–Crippen LogP) is 2.27. The van der Waals surface area contributed by atoms with E-state index in [1.165, 1.54) is 6.92 Å². The van der Waals surface area contributed by atoms with E-state index in [-0.39, 0.29) is 17.4 Å². The van der Waals surface area contributed by atoms with Gasteiger partial charge in [0.1, 0.15) is 0 Å². The van der Waals surface area contributed by atoms with E-state index < -0.39 is 0 Å². The Labute approximate surface area is 186 Å². The monoisotopic (exact) mass is 436 g/mol. The Morgan fingerprint density at radius 1 is 1.03 bits per heavy atom. The summed E-state index contributed by atoms with van der Waals surface area (Å²) in [6.45, 7) is 4.97. The number of aromatic nitrogens is 3. The van der Waals surface area contributed by atoms with Crippen LogP contribution in [0.4, 0.5) is 5.69 Å². The Morgan fingerprint density at radius 2 is 1.75 bits per heavy atom. The summed E-state index contributed by atoms with van der Waals surface area (Å²) in [6, 6.07) is 8.96. The summed E-state index contributed by atoms with van der Waals surface area (Å²) in [7, 11) is 0. The fourth-order valence-electron chi connectivity index (χ4n) is 3.20. The number of benzene rings is 1. The van der Waals surface area contributed by atoms with Crippen molar-refractivity contribution in [3.63, 3.8) is 0 Å². The van der Waals surface area contributed by atoms with Crippen molar-refractivity contribution < 1.29 is 9.59 Å². The number of aromatic amines is 1. The molecule has 0 spiro atoms. The van der Waals surface area contributed by atoms with Gasteiger partial charge in [0.05, 0.1) is 24.0 Å². The SMILES string of the molecule is CC(=O)NCCCCCNC(=O)c1ccc(NCc2cnc3cc(C)[nH]c(=O)c3n2)cc1. The number of hydrogen-bond donors (Lipinski definition) is 4. The smallest absolute Gasteiger partial charge is 0.276 e. The lowest BCUT2D eigenvalue weighted by Gasteiger charge is -2.09.